The molecule has 1 rings (SSSR count). The van der Waals surface area contributed by atoms with Crippen LogP contribution in [0.1, 0.15) is 94.9 Å². The molecule has 21 heteroatoms. The third-order valence-electron chi connectivity index (χ3n) is 8.70. The van der Waals surface area contributed by atoms with Gasteiger partial charge in [-0.1, -0.05) is 74.0 Å². The van der Waals surface area contributed by atoms with Gasteiger partial charge in [-0.15, -0.1) is 0 Å². The van der Waals surface area contributed by atoms with Crippen molar-refractivity contribution in [2.75, 3.05) is 30.5 Å². The zero-order valence-electron chi connectivity index (χ0n) is 39.2. The second-order valence-electron chi connectivity index (χ2n) is 14.1. The smallest absolute Gasteiger partial charge is 0.437 e. The lowest BCUT2D eigenvalue weighted by molar-refractivity contribution is -0.0143. The monoisotopic (exact) mass is 921 g/mol. The van der Waals surface area contributed by atoms with Crippen LogP contribution in [0.5, 0.6) is 0 Å². The van der Waals surface area contributed by atoms with Gasteiger partial charge < -0.3 is 14.2 Å². The van der Waals surface area contributed by atoms with Crippen LogP contribution < -0.4 is 31.9 Å². The summed E-state index contributed by atoms with van der Waals surface area (Å²) in [7, 11) is 0. The predicted molar refractivity (Wildman–Crippen MR) is 251 cm³/mol. The highest BCUT2D eigenvalue weighted by atomic mass is 16.7. The Hall–Kier alpha value is -7.71. The van der Waals surface area contributed by atoms with Crippen molar-refractivity contribution in [3.63, 3.8) is 0 Å². The van der Waals surface area contributed by atoms with Crippen LogP contribution in [0, 0.1) is 5.41 Å². The molecule has 0 saturated carbocycles. The van der Waals surface area contributed by atoms with E-state index in [1.54, 1.807) is 84.9 Å². The van der Waals surface area contributed by atoms with Crippen LogP contribution in [-0.4, -0.2) is 73.5 Å². The summed E-state index contributed by atoms with van der Waals surface area (Å²) in [6.07, 6.45) is 6.98. The van der Waals surface area contributed by atoms with Crippen molar-refractivity contribution in [1.82, 2.24) is 21.3 Å². The van der Waals surface area contributed by atoms with Gasteiger partial charge in [0.2, 0.25) is 0 Å². The van der Waals surface area contributed by atoms with Gasteiger partial charge in [0.15, 0.2) is 0 Å². The summed E-state index contributed by atoms with van der Waals surface area (Å²) in [5.41, 5.74) is 1.93. The standard InChI is InChI=1S/C45H63N9O12/c1-12-20-35(24-33(11)46-42(58)64-52-30(8)14-3)48-39(55)61-27-45(18-7,29-63-41(57)50-37-22-19-23-38(26-37)51-44(60)66-54-32(10)16-5)28-62-40(56)49-36(21-13-2)25-34(17-6)47-43(59)65-53-31(9)15-4/h12-13,17,19-26H,1,14-16,18,27-29H2,2-11H3,(H,46,58)(H,47,59)(H,48,55)(H,49,56)(H,50,57)(H,51,60)/b21-13-,33-24+,34-17+,35-20+,36-25+,52-30-,53-31-,54-32-. The first-order chi connectivity index (χ1) is 31.4. The van der Waals surface area contributed by atoms with Gasteiger partial charge in [-0.25, -0.2) is 28.8 Å². The molecule has 0 radical (unpaired) electrons. The number of nitrogens with one attached hydrogen (secondary N) is 6. The number of ether oxygens (including phenoxy) is 3. The lowest BCUT2D eigenvalue weighted by Crippen LogP contribution is -2.41. The molecule has 1 aromatic carbocycles. The van der Waals surface area contributed by atoms with Gasteiger partial charge in [0.25, 0.3) is 0 Å². The Kier molecular flexibility index (Phi) is 26.6. The Morgan fingerprint density at radius 2 is 1.06 bits per heavy atom. The number of alkyl carbamates (subject to hydrolysis) is 2. The Balaban J connectivity index is 3.31. The average Bonchev–Trinajstić information content (AvgIpc) is 3.28. The number of anilines is 2. The first kappa shape index (κ1) is 56.3. The molecule has 0 aliphatic heterocycles. The number of hydrogen-bond acceptors (Lipinski definition) is 15. The van der Waals surface area contributed by atoms with Crippen LogP contribution in [0.2, 0.25) is 0 Å². The van der Waals surface area contributed by atoms with Crippen molar-refractivity contribution in [3.8, 4) is 0 Å². The van der Waals surface area contributed by atoms with Crippen LogP contribution in [-0.2, 0) is 28.7 Å². The summed E-state index contributed by atoms with van der Waals surface area (Å²) in [4.78, 5) is 90.9. The number of carbonyl (C=O) groups is 6. The van der Waals surface area contributed by atoms with E-state index in [4.69, 9.17) is 28.7 Å². The minimum Gasteiger partial charge on any atom is -0.448 e. The van der Waals surface area contributed by atoms with Crippen LogP contribution >= 0.6 is 0 Å². The first-order valence-corrected chi connectivity index (χ1v) is 20.9. The molecule has 360 valence electrons. The van der Waals surface area contributed by atoms with E-state index in [0.29, 0.717) is 36.4 Å². The number of amides is 6. The topological polar surface area (TPSA) is 267 Å². The zero-order valence-corrected chi connectivity index (χ0v) is 39.2. The van der Waals surface area contributed by atoms with Crippen LogP contribution in [0.4, 0.5) is 40.1 Å². The lowest BCUT2D eigenvalue weighted by Gasteiger charge is -2.31. The van der Waals surface area contributed by atoms with E-state index in [-0.39, 0.29) is 40.6 Å². The van der Waals surface area contributed by atoms with Crippen molar-refractivity contribution in [1.29, 1.82) is 0 Å². The Bertz CT molecular complexity index is 2100. The highest BCUT2D eigenvalue weighted by Gasteiger charge is 2.35. The van der Waals surface area contributed by atoms with Gasteiger partial charge in [-0.2, -0.15) is 0 Å². The summed E-state index contributed by atoms with van der Waals surface area (Å²) in [6.45, 7) is 19.6. The second-order valence-corrected chi connectivity index (χ2v) is 14.1. The molecule has 0 fully saturated rings. The van der Waals surface area contributed by atoms with Gasteiger partial charge >= 0.3 is 36.6 Å². The Morgan fingerprint density at radius 3 is 1.53 bits per heavy atom. The van der Waals surface area contributed by atoms with Crippen LogP contribution in [0.15, 0.2) is 112 Å². The van der Waals surface area contributed by atoms with Gasteiger partial charge in [0, 0.05) is 34.2 Å². The quantitative estimate of drug-likeness (QED) is 0.0197. The second kappa shape index (κ2) is 31.2. The van der Waals surface area contributed by atoms with E-state index in [1.807, 2.05) is 20.8 Å². The maximum Gasteiger partial charge on any atom is 0.437 e. The number of allylic oxidation sites excluding steroid dienone is 8. The van der Waals surface area contributed by atoms with Crippen molar-refractivity contribution in [2.24, 2.45) is 20.9 Å². The first-order valence-electron chi connectivity index (χ1n) is 20.9. The fourth-order valence-electron chi connectivity index (χ4n) is 4.43. The SMILES string of the molecule is C=C/C=C(\C=C(/C)NC(=O)O/N=C(/C)CC)NC(=O)OCC(CC)(COC(=O)NC(/C=C\C)=C/C(=C\C)NC(=O)O/N=C(/C)CC)COC(=O)Nc1cccc(NC(=O)O/N=C(/C)CC)c1. The van der Waals surface area contributed by atoms with Crippen molar-refractivity contribution >= 4 is 65.1 Å². The molecule has 0 spiro atoms. The molecule has 0 aliphatic rings. The van der Waals surface area contributed by atoms with Crippen molar-refractivity contribution < 1.29 is 57.5 Å². The lowest BCUT2D eigenvalue weighted by atomic mass is 9.88. The molecule has 21 nitrogen and oxygen atoms in total. The predicted octanol–water partition coefficient (Wildman–Crippen LogP) is 9.78. The van der Waals surface area contributed by atoms with Crippen molar-refractivity contribution in [3.05, 3.63) is 96.2 Å². The molecular weight excluding hydrogens is 859 g/mol. The molecule has 0 aliphatic carbocycles. The van der Waals surface area contributed by atoms with Gasteiger partial charge in [-0.05, 0) is 110 Å². The maximum atomic E-state index is 13.3. The maximum absolute atomic E-state index is 13.3. The van der Waals surface area contributed by atoms with E-state index in [1.165, 1.54) is 30.4 Å². The van der Waals surface area contributed by atoms with E-state index in [9.17, 15) is 28.8 Å². The van der Waals surface area contributed by atoms with E-state index in [0.717, 1.165) is 0 Å². The molecule has 6 N–H and O–H groups in total. The van der Waals surface area contributed by atoms with Crippen molar-refractivity contribution in [2.45, 2.75) is 94.9 Å². The molecule has 6 amide bonds. The summed E-state index contributed by atoms with van der Waals surface area (Å²) < 4.78 is 16.8. The molecule has 0 heterocycles. The number of benzene rings is 1. The van der Waals surface area contributed by atoms with Gasteiger partial charge in [-0.3, -0.25) is 46.4 Å². The number of nitrogens with zero attached hydrogens (tertiary/aromatic N) is 3. The zero-order chi connectivity index (χ0) is 49.5. The summed E-state index contributed by atoms with van der Waals surface area (Å²) >= 11 is 0. The Labute approximate surface area is 385 Å². The molecule has 1 unspecified atom stereocenters. The highest BCUT2D eigenvalue weighted by molar-refractivity contribution is 5.89. The molecule has 1 atom stereocenters. The van der Waals surface area contributed by atoms with Crippen LogP contribution in [0.3, 0.4) is 0 Å². The number of rotatable bonds is 23. The third-order valence-corrected chi connectivity index (χ3v) is 8.70. The normalized spacial score (nSPS) is 13.6. The minimum absolute atomic E-state index is 0.148. The van der Waals surface area contributed by atoms with E-state index >= 15 is 0 Å². The summed E-state index contributed by atoms with van der Waals surface area (Å²) in [5.74, 6) is 0. The van der Waals surface area contributed by atoms with E-state index < -0.39 is 61.8 Å². The molecular formula is C45H63N9O12. The van der Waals surface area contributed by atoms with Gasteiger partial charge in [0.05, 0.1) is 22.6 Å². The molecule has 0 aromatic heterocycles. The number of hydrogen-bond donors (Lipinski definition) is 6. The molecule has 1 aromatic rings. The number of oxime groups is 3. The average molecular weight is 922 g/mol. The molecule has 0 saturated heterocycles. The van der Waals surface area contributed by atoms with E-state index in [2.05, 4.69) is 53.9 Å². The van der Waals surface area contributed by atoms with Crippen LogP contribution in [0.25, 0.3) is 0 Å². The fourth-order valence-corrected chi connectivity index (χ4v) is 4.43. The molecule has 0 bridgehead atoms. The largest absolute Gasteiger partial charge is 0.448 e. The summed E-state index contributed by atoms with van der Waals surface area (Å²) in [5, 5.41) is 26.4. The van der Waals surface area contributed by atoms with Gasteiger partial charge in [0.1, 0.15) is 19.8 Å². The highest BCUT2D eigenvalue weighted by Crippen LogP contribution is 2.25. The third kappa shape index (κ3) is 24.2. The minimum atomic E-state index is -1.33. The summed E-state index contributed by atoms with van der Waals surface area (Å²) in [6, 6.07) is 6.13. The Morgan fingerprint density at radius 1 is 0.606 bits per heavy atom. The number of carbonyl (C=O) groups excluding carboxylic acids is 6. The molecule has 66 heavy (non-hydrogen) atoms. The fraction of sp³-hybridized carbons (Fsp3) is 0.400.